The standard InChI is InChI=1S/C5H5N.C3H3ClN2/c1-2-4-6-5-3-1;4-3-1-5-6-2-3/h1-5H;1-2H,(H,5,6). The number of pyridine rings is 1. The van der Waals surface area contributed by atoms with Crippen molar-refractivity contribution in [2.75, 3.05) is 0 Å². The van der Waals surface area contributed by atoms with E-state index in [-0.39, 0.29) is 0 Å². The molecule has 0 aliphatic heterocycles. The van der Waals surface area contributed by atoms with Gasteiger partial charge in [0, 0.05) is 18.6 Å². The number of aromatic nitrogens is 3. The molecule has 0 radical (unpaired) electrons. The lowest BCUT2D eigenvalue weighted by Gasteiger charge is -1.70. The Bertz CT molecular complexity index is 254. The fourth-order valence-corrected chi connectivity index (χ4v) is 0.645. The SMILES string of the molecule is Clc1cn[nH]c1.c1ccncc1. The minimum Gasteiger partial charge on any atom is -0.284 e. The Balaban J connectivity index is 0.000000120. The second-order valence-corrected chi connectivity index (χ2v) is 2.38. The molecular formula is C8H8ClN3. The van der Waals surface area contributed by atoms with Crippen LogP contribution in [-0.2, 0) is 0 Å². The monoisotopic (exact) mass is 181 g/mol. The lowest BCUT2D eigenvalue weighted by Crippen LogP contribution is -1.58. The molecule has 0 aromatic carbocycles. The van der Waals surface area contributed by atoms with Crippen molar-refractivity contribution in [3.05, 3.63) is 48.0 Å². The zero-order valence-corrected chi connectivity index (χ0v) is 7.07. The molecule has 0 fully saturated rings. The maximum Gasteiger partial charge on any atom is 0.0783 e. The van der Waals surface area contributed by atoms with Crippen LogP contribution in [0.3, 0.4) is 0 Å². The minimum absolute atomic E-state index is 0.648. The zero-order chi connectivity index (χ0) is 8.65. The molecule has 0 spiro atoms. The molecule has 0 bridgehead atoms. The maximum atomic E-state index is 5.36. The number of nitrogens with zero attached hydrogens (tertiary/aromatic N) is 2. The molecule has 0 unspecified atom stereocenters. The first-order valence-corrected chi connectivity index (χ1v) is 3.76. The van der Waals surface area contributed by atoms with E-state index in [4.69, 9.17) is 11.6 Å². The maximum absolute atomic E-state index is 5.36. The Labute approximate surface area is 75.4 Å². The second-order valence-electron chi connectivity index (χ2n) is 1.94. The predicted molar refractivity (Wildman–Crippen MR) is 47.8 cm³/mol. The van der Waals surface area contributed by atoms with Crippen molar-refractivity contribution in [2.24, 2.45) is 0 Å². The van der Waals surface area contributed by atoms with E-state index in [0.717, 1.165) is 0 Å². The van der Waals surface area contributed by atoms with Crippen LogP contribution >= 0.6 is 11.6 Å². The number of H-pyrrole nitrogens is 1. The quantitative estimate of drug-likeness (QED) is 0.677. The van der Waals surface area contributed by atoms with E-state index in [0.29, 0.717) is 5.02 Å². The van der Waals surface area contributed by atoms with Crippen molar-refractivity contribution in [2.45, 2.75) is 0 Å². The number of hydrogen-bond donors (Lipinski definition) is 1. The molecule has 3 nitrogen and oxygen atoms in total. The lowest BCUT2D eigenvalue weighted by molar-refractivity contribution is 1.09. The van der Waals surface area contributed by atoms with Crippen molar-refractivity contribution in [1.82, 2.24) is 15.2 Å². The smallest absolute Gasteiger partial charge is 0.0783 e. The molecular weight excluding hydrogens is 174 g/mol. The third kappa shape index (κ3) is 3.73. The highest BCUT2D eigenvalue weighted by atomic mass is 35.5. The van der Waals surface area contributed by atoms with Gasteiger partial charge >= 0.3 is 0 Å². The van der Waals surface area contributed by atoms with E-state index in [1.165, 1.54) is 0 Å². The fourth-order valence-electron chi connectivity index (χ4n) is 0.548. The average Bonchev–Trinajstić information content (AvgIpc) is 2.60. The van der Waals surface area contributed by atoms with Crippen LogP contribution in [0.1, 0.15) is 0 Å². The number of rotatable bonds is 0. The molecule has 0 aliphatic rings. The molecule has 0 amide bonds. The van der Waals surface area contributed by atoms with Crippen LogP contribution in [0.2, 0.25) is 5.02 Å². The van der Waals surface area contributed by atoms with Crippen LogP contribution in [0.25, 0.3) is 0 Å². The van der Waals surface area contributed by atoms with Gasteiger partial charge < -0.3 is 0 Å². The van der Waals surface area contributed by atoms with E-state index in [9.17, 15) is 0 Å². The zero-order valence-electron chi connectivity index (χ0n) is 6.31. The minimum atomic E-state index is 0.648. The Morgan fingerprint density at radius 1 is 1.17 bits per heavy atom. The van der Waals surface area contributed by atoms with E-state index < -0.39 is 0 Å². The molecule has 0 atom stereocenters. The van der Waals surface area contributed by atoms with Crippen LogP contribution in [0.5, 0.6) is 0 Å². The van der Waals surface area contributed by atoms with Gasteiger partial charge in [-0.2, -0.15) is 5.10 Å². The van der Waals surface area contributed by atoms with Crippen LogP contribution in [0.15, 0.2) is 43.0 Å². The van der Waals surface area contributed by atoms with Gasteiger partial charge in [-0.05, 0) is 12.1 Å². The fraction of sp³-hybridized carbons (Fsp3) is 0. The molecule has 1 N–H and O–H groups in total. The van der Waals surface area contributed by atoms with E-state index in [1.807, 2.05) is 18.2 Å². The van der Waals surface area contributed by atoms with E-state index >= 15 is 0 Å². The summed E-state index contributed by atoms with van der Waals surface area (Å²) in [6.45, 7) is 0. The van der Waals surface area contributed by atoms with E-state index in [2.05, 4.69) is 15.2 Å². The van der Waals surface area contributed by atoms with Crippen LogP contribution in [0, 0.1) is 0 Å². The van der Waals surface area contributed by atoms with Crippen molar-refractivity contribution >= 4 is 11.6 Å². The molecule has 0 aliphatic carbocycles. The van der Waals surface area contributed by atoms with Crippen molar-refractivity contribution in [3.63, 3.8) is 0 Å². The molecule has 2 heterocycles. The summed E-state index contributed by atoms with van der Waals surface area (Å²) in [4.78, 5) is 3.78. The van der Waals surface area contributed by atoms with Gasteiger partial charge in [-0.3, -0.25) is 10.1 Å². The van der Waals surface area contributed by atoms with Gasteiger partial charge in [0.1, 0.15) is 0 Å². The van der Waals surface area contributed by atoms with Gasteiger partial charge in [0.25, 0.3) is 0 Å². The Morgan fingerprint density at radius 2 is 1.92 bits per heavy atom. The number of halogens is 1. The van der Waals surface area contributed by atoms with Crippen LogP contribution < -0.4 is 0 Å². The van der Waals surface area contributed by atoms with Gasteiger partial charge in [-0.1, -0.05) is 17.7 Å². The molecule has 62 valence electrons. The van der Waals surface area contributed by atoms with Crippen molar-refractivity contribution in [1.29, 1.82) is 0 Å². The van der Waals surface area contributed by atoms with Crippen molar-refractivity contribution in [3.8, 4) is 0 Å². The molecule has 2 aromatic rings. The molecule has 2 rings (SSSR count). The van der Waals surface area contributed by atoms with Crippen LogP contribution in [0.4, 0.5) is 0 Å². The van der Waals surface area contributed by atoms with Gasteiger partial charge in [-0.15, -0.1) is 0 Å². The summed E-state index contributed by atoms with van der Waals surface area (Å²) in [7, 11) is 0. The number of aromatic amines is 1. The van der Waals surface area contributed by atoms with Gasteiger partial charge in [-0.25, -0.2) is 0 Å². The Morgan fingerprint density at radius 3 is 2.08 bits per heavy atom. The van der Waals surface area contributed by atoms with Gasteiger partial charge in [0.15, 0.2) is 0 Å². The first kappa shape index (κ1) is 8.74. The van der Waals surface area contributed by atoms with Crippen molar-refractivity contribution < 1.29 is 0 Å². The first-order chi connectivity index (χ1) is 5.89. The molecule has 2 aromatic heterocycles. The predicted octanol–water partition coefficient (Wildman–Crippen LogP) is 2.14. The summed E-state index contributed by atoms with van der Waals surface area (Å²) in [5.41, 5.74) is 0. The molecule has 12 heavy (non-hydrogen) atoms. The summed E-state index contributed by atoms with van der Waals surface area (Å²) < 4.78 is 0. The second kappa shape index (κ2) is 5.32. The van der Waals surface area contributed by atoms with Crippen LogP contribution in [-0.4, -0.2) is 15.2 Å². The lowest BCUT2D eigenvalue weighted by atomic mass is 10.5. The highest BCUT2D eigenvalue weighted by Crippen LogP contribution is 1.99. The number of nitrogens with one attached hydrogen (secondary N) is 1. The van der Waals surface area contributed by atoms with E-state index in [1.54, 1.807) is 24.8 Å². The molecule has 4 heteroatoms. The normalized spacial score (nSPS) is 8.42. The third-order valence-corrected chi connectivity index (χ3v) is 1.24. The first-order valence-electron chi connectivity index (χ1n) is 3.39. The highest BCUT2D eigenvalue weighted by molar-refractivity contribution is 6.30. The average molecular weight is 182 g/mol. The largest absolute Gasteiger partial charge is 0.284 e. The highest BCUT2D eigenvalue weighted by Gasteiger charge is 1.77. The third-order valence-electron chi connectivity index (χ3n) is 1.03. The topological polar surface area (TPSA) is 41.6 Å². The summed E-state index contributed by atoms with van der Waals surface area (Å²) in [6, 6.07) is 5.72. The number of hydrogen-bond acceptors (Lipinski definition) is 2. The summed E-state index contributed by atoms with van der Waals surface area (Å²) in [5, 5.41) is 6.76. The summed E-state index contributed by atoms with van der Waals surface area (Å²) >= 11 is 5.36. The summed E-state index contributed by atoms with van der Waals surface area (Å²) in [6.07, 6.45) is 6.66. The van der Waals surface area contributed by atoms with Gasteiger partial charge in [0.2, 0.25) is 0 Å². The molecule has 0 saturated heterocycles. The molecule has 0 saturated carbocycles. The van der Waals surface area contributed by atoms with Gasteiger partial charge in [0.05, 0.1) is 11.2 Å². The summed E-state index contributed by atoms with van der Waals surface area (Å²) in [5.74, 6) is 0. The Hall–Kier alpha value is -1.35. The Kier molecular flexibility index (Phi) is 3.88.